The minimum atomic E-state index is -0.516. The summed E-state index contributed by atoms with van der Waals surface area (Å²) in [4.78, 5) is 19.2. The molecule has 5 aromatic rings. The first-order valence-electron chi connectivity index (χ1n) is 13.8. The van der Waals surface area contributed by atoms with Gasteiger partial charge in [-0.1, -0.05) is 25.0 Å². The molecule has 1 fully saturated rings. The molecule has 1 aliphatic carbocycles. The van der Waals surface area contributed by atoms with E-state index >= 15 is 0 Å². The molecule has 0 amide bonds. The normalized spacial score (nSPS) is 14.8. The predicted molar refractivity (Wildman–Crippen MR) is 152 cm³/mol. The van der Waals surface area contributed by atoms with Crippen LogP contribution in [0.1, 0.15) is 71.6 Å². The largest absolute Gasteiger partial charge is 0.497 e. The third-order valence-corrected chi connectivity index (χ3v) is 8.06. The Balaban J connectivity index is 1.52. The number of pyridine rings is 1. The Morgan fingerprint density at radius 3 is 2.58 bits per heavy atom. The number of nitrogens with one attached hydrogen (secondary N) is 1. The zero-order valence-corrected chi connectivity index (χ0v) is 23.1. The molecule has 40 heavy (non-hydrogen) atoms. The summed E-state index contributed by atoms with van der Waals surface area (Å²) < 4.78 is 13.1. The topological polar surface area (TPSA) is 102 Å². The number of H-pyrrole nitrogens is 1. The van der Waals surface area contributed by atoms with Gasteiger partial charge in [0.25, 0.3) is 5.56 Å². The van der Waals surface area contributed by atoms with Crippen LogP contribution in [0, 0.1) is 13.8 Å². The third-order valence-electron chi connectivity index (χ3n) is 8.06. The second kappa shape index (κ2) is 11.1. The standard InChI is InChI=1S/C31H34N6O3/c1-20-15-23-17-27(31(38)32-28(23)16-21(20)2)29(30-33-34-35-37(30)24-7-4-5-8-24)36(19-26-9-6-14-40-26)18-22-10-12-25(39-3)13-11-22/h6,9-17,24,29H,4-5,7-8,18-19H2,1-3H3,(H,32,38). The second-order valence-electron chi connectivity index (χ2n) is 10.7. The van der Waals surface area contributed by atoms with E-state index in [4.69, 9.17) is 9.15 Å². The molecule has 1 aliphatic rings. The van der Waals surface area contributed by atoms with Gasteiger partial charge in [0, 0.05) is 17.6 Å². The van der Waals surface area contributed by atoms with Gasteiger partial charge in [0.05, 0.1) is 26.0 Å². The van der Waals surface area contributed by atoms with E-state index in [-0.39, 0.29) is 11.6 Å². The molecule has 1 N–H and O–H groups in total. The number of methoxy groups -OCH3 is 1. The maximum atomic E-state index is 13.8. The Kier molecular flexibility index (Phi) is 7.21. The van der Waals surface area contributed by atoms with Crippen molar-refractivity contribution in [2.45, 2.75) is 64.7 Å². The lowest BCUT2D eigenvalue weighted by Crippen LogP contribution is -2.35. The van der Waals surface area contributed by atoms with Crippen LogP contribution in [-0.4, -0.2) is 37.2 Å². The zero-order valence-electron chi connectivity index (χ0n) is 23.1. The van der Waals surface area contributed by atoms with Crippen LogP contribution in [0.4, 0.5) is 0 Å². The highest BCUT2D eigenvalue weighted by Crippen LogP contribution is 2.35. The number of aromatic amines is 1. The van der Waals surface area contributed by atoms with Crippen LogP contribution in [0.5, 0.6) is 5.75 Å². The van der Waals surface area contributed by atoms with Crippen molar-refractivity contribution in [2.24, 2.45) is 0 Å². The van der Waals surface area contributed by atoms with Gasteiger partial charge in [-0.3, -0.25) is 9.69 Å². The molecule has 0 radical (unpaired) electrons. The Bertz CT molecular complexity index is 1650. The number of aryl methyl sites for hydroxylation is 2. The molecule has 2 aromatic carbocycles. The molecule has 0 aliphatic heterocycles. The number of fused-ring (bicyclic) bond motifs is 1. The molecule has 3 aromatic heterocycles. The number of hydrogen-bond acceptors (Lipinski definition) is 7. The number of furan rings is 1. The average Bonchev–Trinajstić information content (AvgIpc) is 3.74. The minimum absolute atomic E-state index is 0.152. The maximum absolute atomic E-state index is 13.8. The molecular formula is C31H34N6O3. The number of hydrogen-bond donors (Lipinski definition) is 1. The first kappa shape index (κ1) is 26.0. The van der Waals surface area contributed by atoms with E-state index in [1.807, 2.05) is 53.2 Å². The molecule has 0 bridgehead atoms. The molecule has 1 saturated carbocycles. The highest BCUT2D eigenvalue weighted by molar-refractivity contribution is 5.81. The molecule has 3 heterocycles. The van der Waals surface area contributed by atoms with Gasteiger partial charge in [-0.15, -0.1) is 5.10 Å². The number of ether oxygens (including phenoxy) is 1. The van der Waals surface area contributed by atoms with Crippen molar-refractivity contribution in [2.75, 3.05) is 7.11 Å². The average molecular weight is 539 g/mol. The van der Waals surface area contributed by atoms with E-state index in [9.17, 15) is 4.79 Å². The maximum Gasteiger partial charge on any atom is 0.253 e. The van der Waals surface area contributed by atoms with Gasteiger partial charge in [0.2, 0.25) is 0 Å². The Labute approximate surface area is 232 Å². The Hall–Kier alpha value is -4.24. The van der Waals surface area contributed by atoms with Crippen LogP contribution in [0.2, 0.25) is 0 Å². The number of benzene rings is 2. The van der Waals surface area contributed by atoms with Crippen molar-refractivity contribution in [3.63, 3.8) is 0 Å². The first-order chi connectivity index (χ1) is 19.5. The summed E-state index contributed by atoms with van der Waals surface area (Å²) in [6, 6.07) is 17.7. The van der Waals surface area contributed by atoms with E-state index < -0.39 is 6.04 Å². The van der Waals surface area contributed by atoms with Gasteiger partial charge in [-0.25, -0.2) is 4.68 Å². The van der Waals surface area contributed by atoms with E-state index in [0.717, 1.165) is 59.2 Å². The number of tetrazole rings is 1. The highest BCUT2D eigenvalue weighted by atomic mass is 16.5. The minimum Gasteiger partial charge on any atom is -0.497 e. The molecule has 0 spiro atoms. The fraction of sp³-hybridized carbons (Fsp3) is 0.355. The zero-order chi connectivity index (χ0) is 27.6. The summed E-state index contributed by atoms with van der Waals surface area (Å²) in [5.41, 5.74) is 4.64. The van der Waals surface area contributed by atoms with Gasteiger partial charge in [-0.2, -0.15) is 0 Å². The Morgan fingerprint density at radius 1 is 1.07 bits per heavy atom. The monoisotopic (exact) mass is 538 g/mol. The van der Waals surface area contributed by atoms with Crippen LogP contribution in [-0.2, 0) is 13.1 Å². The fourth-order valence-electron chi connectivity index (χ4n) is 5.79. The quantitative estimate of drug-likeness (QED) is 0.259. The van der Waals surface area contributed by atoms with E-state index in [2.05, 4.69) is 45.3 Å². The van der Waals surface area contributed by atoms with Gasteiger partial charge >= 0.3 is 0 Å². The van der Waals surface area contributed by atoms with Crippen LogP contribution >= 0.6 is 0 Å². The first-order valence-corrected chi connectivity index (χ1v) is 13.8. The second-order valence-corrected chi connectivity index (χ2v) is 10.7. The van der Waals surface area contributed by atoms with Crippen molar-refractivity contribution < 1.29 is 9.15 Å². The van der Waals surface area contributed by atoms with Gasteiger partial charge in [-0.05, 0) is 102 Å². The van der Waals surface area contributed by atoms with Crippen LogP contribution in [0.15, 0.2) is 70.1 Å². The number of rotatable bonds is 9. The summed E-state index contributed by atoms with van der Waals surface area (Å²) in [6.07, 6.45) is 6.01. The van der Waals surface area contributed by atoms with Crippen LogP contribution in [0.25, 0.3) is 10.9 Å². The van der Waals surface area contributed by atoms with E-state index in [1.165, 1.54) is 5.56 Å². The molecule has 9 nitrogen and oxygen atoms in total. The lowest BCUT2D eigenvalue weighted by Gasteiger charge is -2.31. The van der Waals surface area contributed by atoms with Crippen molar-refractivity contribution in [1.29, 1.82) is 0 Å². The number of aromatic nitrogens is 5. The summed E-state index contributed by atoms with van der Waals surface area (Å²) in [5, 5.41) is 14.1. The molecule has 9 heteroatoms. The van der Waals surface area contributed by atoms with E-state index in [1.54, 1.807) is 13.4 Å². The SMILES string of the molecule is COc1ccc(CN(Cc2ccco2)C(c2cc3cc(C)c(C)cc3[nH]c2=O)c2nnnn2C2CCCC2)cc1. The Morgan fingerprint density at radius 2 is 1.85 bits per heavy atom. The highest BCUT2D eigenvalue weighted by Gasteiger charge is 2.34. The lowest BCUT2D eigenvalue weighted by molar-refractivity contribution is 0.176. The molecule has 1 unspecified atom stereocenters. The smallest absolute Gasteiger partial charge is 0.253 e. The lowest BCUT2D eigenvalue weighted by atomic mass is 9.99. The van der Waals surface area contributed by atoms with E-state index in [0.29, 0.717) is 24.5 Å². The molecule has 6 rings (SSSR count). The summed E-state index contributed by atoms with van der Waals surface area (Å²) in [5.74, 6) is 2.25. The molecule has 1 atom stereocenters. The molecule has 0 saturated heterocycles. The van der Waals surface area contributed by atoms with Crippen molar-refractivity contribution in [3.8, 4) is 5.75 Å². The van der Waals surface area contributed by atoms with Gasteiger partial charge in [0.15, 0.2) is 5.82 Å². The van der Waals surface area contributed by atoms with Crippen molar-refractivity contribution in [1.82, 2.24) is 30.1 Å². The molecule has 206 valence electrons. The van der Waals surface area contributed by atoms with Gasteiger partial charge in [0.1, 0.15) is 17.6 Å². The summed E-state index contributed by atoms with van der Waals surface area (Å²) in [7, 11) is 1.66. The predicted octanol–water partition coefficient (Wildman–Crippen LogP) is 5.64. The molecular weight excluding hydrogens is 504 g/mol. The van der Waals surface area contributed by atoms with Crippen molar-refractivity contribution in [3.05, 3.63) is 105 Å². The fourth-order valence-corrected chi connectivity index (χ4v) is 5.79. The number of nitrogens with zero attached hydrogens (tertiary/aromatic N) is 5. The third kappa shape index (κ3) is 5.16. The van der Waals surface area contributed by atoms with Crippen molar-refractivity contribution >= 4 is 10.9 Å². The van der Waals surface area contributed by atoms with Gasteiger partial charge < -0.3 is 14.1 Å². The van der Waals surface area contributed by atoms with Crippen LogP contribution < -0.4 is 10.3 Å². The summed E-state index contributed by atoms with van der Waals surface area (Å²) in [6.45, 7) is 5.15. The summed E-state index contributed by atoms with van der Waals surface area (Å²) >= 11 is 0. The van der Waals surface area contributed by atoms with Crippen LogP contribution in [0.3, 0.4) is 0 Å².